The SMILES string of the molecule is CC(=O)c1ccc(O)c(CN2CCC(C(C)O)C2)c1. The summed E-state index contributed by atoms with van der Waals surface area (Å²) in [6, 6.07) is 4.98. The number of Topliss-reactive ketones (excluding diaryl/α,β-unsaturated/α-hetero) is 1. The van der Waals surface area contributed by atoms with Gasteiger partial charge in [-0.25, -0.2) is 0 Å². The Morgan fingerprint density at radius 2 is 2.26 bits per heavy atom. The maximum atomic E-state index is 11.4. The van der Waals surface area contributed by atoms with Gasteiger partial charge in [0.1, 0.15) is 5.75 Å². The monoisotopic (exact) mass is 263 g/mol. The van der Waals surface area contributed by atoms with Gasteiger partial charge in [-0.2, -0.15) is 0 Å². The molecule has 2 rings (SSSR count). The van der Waals surface area contributed by atoms with Gasteiger partial charge < -0.3 is 10.2 Å². The van der Waals surface area contributed by atoms with Gasteiger partial charge in [0.2, 0.25) is 0 Å². The average molecular weight is 263 g/mol. The van der Waals surface area contributed by atoms with Crippen molar-refractivity contribution in [2.24, 2.45) is 5.92 Å². The predicted octanol–water partition coefficient (Wildman–Crippen LogP) is 1.80. The Hall–Kier alpha value is -1.39. The van der Waals surface area contributed by atoms with Gasteiger partial charge in [-0.05, 0) is 50.9 Å². The maximum Gasteiger partial charge on any atom is 0.159 e. The molecular weight excluding hydrogens is 242 g/mol. The lowest BCUT2D eigenvalue weighted by Gasteiger charge is -2.18. The number of aromatic hydroxyl groups is 1. The topological polar surface area (TPSA) is 60.8 Å². The summed E-state index contributed by atoms with van der Waals surface area (Å²) < 4.78 is 0. The summed E-state index contributed by atoms with van der Waals surface area (Å²) in [4.78, 5) is 13.6. The molecule has 0 spiro atoms. The summed E-state index contributed by atoms with van der Waals surface area (Å²) in [6.45, 7) is 5.72. The molecule has 4 nitrogen and oxygen atoms in total. The molecule has 0 aromatic heterocycles. The Labute approximate surface area is 113 Å². The van der Waals surface area contributed by atoms with Crippen LogP contribution in [-0.2, 0) is 6.54 Å². The highest BCUT2D eigenvalue weighted by Gasteiger charge is 2.26. The summed E-state index contributed by atoms with van der Waals surface area (Å²) in [5, 5.41) is 19.5. The molecular formula is C15H21NO3. The highest BCUT2D eigenvalue weighted by molar-refractivity contribution is 5.94. The number of phenolic OH excluding ortho intramolecular Hbond substituents is 1. The van der Waals surface area contributed by atoms with Gasteiger partial charge in [0, 0.05) is 24.2 Å². The van der Waals surface area contributed by atoms with Gasteiger partial charge in [-0.15, -0.1) is 0 Å². The quantitative estimate of drug-likeness (QED) is 0.813. The van der Waals surface area contributed by atoms with Crippen molar-refractivity contribution in [2.45, 2.75) is 32.9 Å². The molecule has 2 atom stereocenters. The zero-order chi connectivity index (χ0) is 14.0. The predicted molar refractivity (Wildman–Crippen MR) is 73.2 cm³/mol. The number of carbonyl (C=O) groups is 1. The van der Waals surface area contributed by atoms with E-state index < -0.39 is 0 Å². The molecule has 1 saturated heterocycles. The molecule has 1 aromatic rings. The van der Waals surface area contributed by atoms with Crippen LogP contribution >= 0.6 is 0 Å². The Morgan fingerprint density at radius 1 is 1.53 bits per heavy atom. The van der Waals surface area contributed by atoms with Gasteiger partial charge in [0.15, 0.2) is 5.78 Å². The Balaban J connectivity index is 2.07. The van der Waals surface area contributed by atoms with Crippen LogP contribution in [0.25, 0.3) is 0 Å². The van der Waals surface area contributed by atoms with Crippen molar-refractivity contribution >= 4 is 5.78 Å². The molecule has 1 heterocycles. The fourth-order valence-electron chi connectivity index (χ4n) is 2.57. The van der Waals surface area contributed by atoms with Crippen molar-refractivity contribution in [3.63, 3.8) is 0 Å². The summed E-state index contributed by atoms with van der Waals surface area (Å²) in [5.41, 5.74) is 1.40. The lowest BCUT2D eigenvalue weighted by atomic mass is 10.0. The number of rotatable bonds is 4. The van der Waals surface area contributed by atoms with Crippen molar-refractivity contribution in [1.82, 2.24) is 4.90 Å². The van der Waals surface area contributed by atoms with Crippen molar-refractivity contribution in [1.29, 1.82) is 0 Å². The zero-order valence-corrected chi connectivity index (χ0v) is 11.5. The van der Waals surface area contributed by atoms with Crippen molar-refractivity contribution < 1.29 is 15.0 Å². The second-order valence-corrected chi connectivity index (χ2v) is 5.42. The molecule has 1 aliphatic rings. The molecule has 2 N–H and O–H groups in total. The van der Waals surface area contributed by atoms with Gasteiger partial charge in [-0.3, -0.25) is 9.69 Å². The second kappa shape index (κ2) is 5.72. The average Bonchev–Trinajstić information content (AvgIpc) is 2.80. The first kappa shape index (κ1) is 14.0. The Bertz CT molecular complexity index is 470. The van der Waals surface area contributed by atoms with E-state index in [4.69, 9.17) is 0 Å². The van der Waals surface area contributed by atoms with Crippen LogP contribution < -0.4 is 0 Å². The standard InChI is InChI=1S/C15H21NO3/c1-10(17)12-3-4-15(19)14(7-12)9-16-6-5-13(8-16)11(2)18/h3-4,7,11,13,18-19H,5-6,8-9H2,1-2H3. The third-order valence-corrected chi connectivity index (χ3v) is 3.87. The van der Waals surface area contributed by atoms with Gasteiger partial charge in [0.25, 0.3) is 0 Å². The van der Waals surface area contributed by atoms with Gasteiger partial charge in [-0.1, -0.05) is 0 Å². The van der Waals surface area contributed by atoms with E-state index in [0.717, 1.165) is 25.1 Å². The molecule has 0 radical (unpaired) electrons. The lowest BCUT2D eigenvalue weighted by molar-refractivity contribution is 0.101. The first-order chi connectivity index (χ1) is 8.97. The molecule has 0 bridgehead atoms. The number of carbonyl (C=O) groups excluding carboxylic acids is 1. The van der Waals surface area contributed by atoms with E-state index in [0.29, 0.717) is 18.0 Å². The van der Waals surface area contributed by atoms with E-state index in [1.807, 2.05) is 6.92 Å². The van der Waals surface area contributed by atoms with Crippen LogP contribution in [-0.4, -0.2) is 40.1 Å². The minimum atomic E-state index is -0.290. The van der Waals surface area contributed by atoms with E-state index >= 15 is 0 Å². The summed E-state index contributed by atoms with van der Waals surface area (Å²) in [5.74, 6) is 0.535. The van der Waals surface area contributed by atoms with Gasteiger partial charge in [0.05, 0.1) is 6.10 Å². The molecule has 2 unspecified atom stereocenters. The summed E-state index contributed by atoms with van der Waals surface area (Å²) in [7, 11) is 0. The summed E-state index contributed by atoms with van der Waals surface area (Å²) >= 11 is 0. The number of hydrogen-bond acceptors (Lipinski definition) is 4. The number of likely N-dealkylation sites (tertiary alicyclic amines) is 1. The molecule has 0 amide bonds. The Kier molecular flexibility index (Phi) is 4.22. The number of ketones is 1. The normalized spacial score (nSPS) is 21.5. The van der Waals surface area contributed by atoms with Crippen molar-refractivity contribution in [2.75, 3.05) is 13.1 Å². The molecule has 1 aliphatic heterocycles. The first-order valence-electron chi connectivity index (χ1n) is 6.70. The van der Waals surface area contributed by atoms with Gasteiger partial charge >= 0.3 is 0 Å². The summed E-state index contributed by atoms with van der Waals surface area (Å²) in [6.07, 6.45) is 0.687. The first-order valence-corrected chi connectivity index (χ1v) is 6.70. The number of aliphatic hydroxyl groups is 1. The van der Waals surface area contributed by atoms with E-state index in [2.05, 4.69) is 4.90 Å². The smallest absolute Gasteiger partial charge is 0.159 e. The zero-order valence-electron chi connectivity index (χ0n) is 11.5. The lowest BCUT2D eigenvalue weighted by Crippen LogP contribution is -2.24. The minimum absolute atomic E-state index is 0.00419. The molecule has 0 saturated carbocycles. The van der Waals surface area contributed by atoms with Crippen LogP contribution in [0.1, 0.15) is 36.2 Å². The second-order valence-electron chi connectivity index (χ2n) is 5.42. The van der Waals surface area contributed by atoms with Crippen LogP contribution in [0, 0.1) is 5.92 Å². The van der Waals surface area contributed by atoms with E-state index in [-0.39, 0.29) is 17.6 Å². The third-order valence-electron chi connectivity index (χ3n) is 3.87. The number of nitrogens with zero attached hydrogens (tertiary/aromatic N) is 1. The molecule has 0 aliphatic carbocycles. The number of phenols is 1. The fraction of sp³-hybridized carbons (Fsp3) is 0.533. The minimum Gasteiger partial charge on any atom is -0.508 e. The van der Waals surface area contributed by atoms with Crippen LogP contribution in [0.4, 0.5) is 0 Å². The van der Waals surface area contributed by atoms with E-state index in [1.54, 1.807) is 18.2 Å². The molecule has 1 fully saturated rings. The maximum absolute atomic E-state index is 11.4. The highest BCUT2D eigenvalue weighted by Crippen LogP contribution is 2.25. The van der Waals surface area contributed by atoms with Crippen LogP contribution in [0.3, 0.4) is 0 Å². The fourth-order valence-corrected chi connectivity index (χ4v) is 2.57. The van der Waals surface area contributed by atoms with Crippen LogP contribution in [0.15, 0.2) is 18.2 Å². The molecule has 1 aromatic carbocycles. The van der Waals surface area contributed by atoms with Crippen molar-refractivity contribution in [3.8, 4) is 5.75 Å². The Morgan fingerprint density at radius 3 is 2.84 bits per heavy atom. The molecule has 4 heteroatoms. The third kappa shape index (κ3) is 3.33. The largest absolute Gasteiger partial charge is 0.508 e. The number of hydrogen-bond donors (Lipinski definition) is 2. The van der Waals surface area contributed by atoms with Crippen LogP contribution in [0.5, 0.6) is 5.75 Å². The van der Waals surface area contributed by atoms with E-state index in [9.17, 15) is 15.0 Å². The highest BCUT2D eigenvalue weighted by atomic mass is 16.3. The number of aliphatic hydroxyl groups excluding tert-OH is 1. The molecule has 104 valence electrons. The van der Waals surface area contributed by atoms with Crippen molar-refractivity contribution in [3.05, 3.63) is 29.3 Å². The molecule has 19 heavy (non-hydrogen) atoms. The number of benzene rings is 1. The van der Waals surface area contributed by atoms with Crippen LogP contribution in [0.2, 0.25) is 0 Å². The van der Waals surface area contributed by atoms with E-state index in [1.165, 1.54) is 6.92 Å².